The lowest BCUT2D eigenvalue weighted by Gasteiger charge is -2.23. The van der Waals surface area contributed by atoms with Crippen LogP contribution in [-0.4, -0.2) is 32.5 Å². The van der Waals surface area contributed by atoms with Crippen LogP contribution in [0, 0.1) is 20.2 Å². The van der Waals surface area contributed by atoms with Gasteiger partial charge in [-0.3, -0.25) is 10.1 Å². The van der Waals surface area contributed by atoms with Gasteiger partial charge in [0.2, 0.25) is 5.54 Å². The first-order valence-electron chi connectivity index (χ1n) is 8.95. The number of hydrogen-bond acceptors (Lipinski definition) is 5. The molecular weight excluding hydrogens is 316 g/mol. The predicted molar refractivity (Wildman–Crippen MR) is 92.3 cm³/mol. The average Bonchev–Trinajstić information content (AvgIpc) is 2.52. The number of aliphatic hydroxyl groups is 1. The Balaban J connectivity index is 0. The van der Waals surface area contributed by atoms with Crippen LogP contribution < -0.4 is 0 Å². The van der Waals surface area contributed by atoms with Crippen molar-refractivity contribution in [1.29, 1.82) is 0 Å². The Hall–Kier alpha value is -1.44. The Morgan fingerprint density at radius 3 is 1.46 bits per heavy atom. The van der Waals surface area contributed by atoms with Crippen LogP contribution in [0.1, 0.15) is 90.9 Å². The molecule has 0 aliphatic rings. The normalized spacial score (nSPS) is 12.8. The number of aliphatic hydroxyl groups excluding tert-OH is 1. The molecule has 0 radical (unpaired) electrons. The van der Waals surface area contributed by atoms with Gasteiger partial charge in [0.05, 0.1) is 0 Å². The standard InChI is InChI=1S/C16H33NO3.HNO3/c1-3-5-7-9-10-12-14-16(15-18,17(19)20)13-11-8-6-4-2;2-1(3)4/h18H,3-15H2,1-2H3;(H,2,3,4). The Bertz CT molecular complexity index is 324. The second-order valence-corrected chi connectivity index (χ2v) is 6.21. The summed E-state index contributed by atoms with van der Waals surface area (Å²) in [6, 6.07) is 0. The van der Waals surface area contributed by atoms with Crippen molar-refractivity contribution in [3.05, 3.63) is 20.2 Å². The van der Waals surface area contributed by atoms with E-state index >= 15 is 0 Å². The number of nitrogens with zero attached hydrogens (tertiary/aromatic N) is 2. The highest BCUT2D eigenvalue weighted by atomic mass is 16.9. The van der Waals surface area contributed by atoms with E-state index in [0.29, 0.717) is 12.8 Å². The van der Waals surface area contributed by atoms with Crippen LogP contribution >= 0.6 is 0 Å². The van der Waals surface area contributed by atoms with Crippen molar-refractivity contribution in [2.24, 2.45) is 0 Å². The molecule has 8 nitrogen and oxygen atoms in total. The minimum absolute atomic E-state index is 0.231. The molecule has 0 heterocycles. The predicted octanol–water partition coefficient (Wildman–Crippen LogP) is 4.37. The van der Waals surface area contributed by atoms with Crippen LogP contribution in [0.3, 0.4) is 0 Å². The van der Waals surface area contributed by atoms with Gasteiger partial charge in [0.15, 0.2) is 0 Å². The summed E-state index contributed by atoms with van der Waals surface area (Å²) >= 11 is 0. The van der Waals surface area contributed by atoms with Gasteiger partial charge in [-0.25, -0.2) is 0 Å². The van der Waals surface area contributed by atoms with E-state index in [4.69, 9.17) is 15.3 Å². The number of unbranched alkanes of at least 4 members (excludes halogenated alkanes) is 8. The molecule has 1 unspecified atom stereocenters. The van der Waals surface area contributed by atoms with Gasteiger partial charge >= 0.3 is 0 Å². The second-order valence-electron chi connectivity index (χ2n) is 6.21. The third-order valence-electron chi connectivity index (χ3n) is 4.17. The molecule has 0 saturated heterocycles. The van der Waals surface area contributed by atoms with Gasteiger partial charge in [-0.15, -0.1) is 10.1 Å². The molecular formula is C16H34N2O6. The third kappa shape index (κ3) is 14.2. The van der Waals surface area contributed by atoms with E-state index in [0.717, 1.165) is 44.9 Å². The molecule has 2 N–H and O–H groups in total. The zero-order valence-corrected chi connectivity index (χ0v) is 15.1. The van der Waals surface area contributed by atoms with Crippen molar-refractivity contribution < 1.29 is 20.3 Å². The van der Waals surface area contributed by atoms with E-state index in [1.54, 1.807) is 0 Å². The summed E-state index contributed by atoms with van der Waals surface area (Å²) < 4.78 is 0. The molecule has 0 aromatic carbocycles. The van der Waals surface area contributed by atoms with Crippen LogP contribution in [0.5, 0.6) is 0 Å². The molecule has 0 rings (SSSR count). The minimum Gasteiger partial charge on any atom is -0.389 e. The van der Waals surface area contributed by atoms with Crippen molar-refractivity contribution in [3.63, 3.8) is 0 Å². The lowest BCUT2D eigenvalue weighted by Crippen LogP contribution is -2.42. The first-order valence-corrected chi connectivity index (χ1v) is 8.95. The maximum absolute atomic E-state index is 11.3. The molecule has 24 heavy (non-hydrogen) atoms. The van der Waals surface area contributed by atoms with Gasteiger partial charge in [0.25, 0.3) is 5.09 Å². The topological polar surface area (TPSA) is 127 Å². The van der Waals surface area contributed by atoms with Gasteiger partial charge < -0.3 is 10.3 Å². The van der Waals surface area contributed by atoms with Crippen molar-refractivity contribution in [1.82, 2.24) is 0 Å². The van der Waals surface area contributed by atoms with E-state index in [1.165, 1.54) is 19.3 Å². The molecule has 0 aromatic rings. The smallest absolute Gasteiger partial charge is 0.291 e. The molecule has 0 saturated carbocycles. The van der Waals surface area contributed by atoms with Crippen molar-refractivity contribution >= 4 is 0 Å². The SMILES string of the molecule is CCCCCCCCC(CO)(CCCCCC)[N+](=O)[O-].O=[N+]([O-])O. The number of nitro groups is 1. The maximum Gasteiger partial charge on any atom is 0.291 e. The van der Waals surface area contributed by atoms with Gasteiger partial charge in [-0.2, -0.15) is 0 Å². The van der Waals surface area contributed by atoms with Gasteiger partial charge in [0.1, 0.15) is 6.61 Å². The van der Waals surface area contributed by atoms with Gasteiger partial charge in [-0.1, -0.05) is 65.2 Å². The van der Waals surface area contributed by atoms with Crippen LogP contribution in [0.2, 0.25) is 0 Å². The lowest BCUT2D eigenvalue weighted by molar-refractivity contribution is -0.742. The third-order valence-corrected chi connectivity index (χ3v) is 4.17. The molecule has 0 fully saturated rings. The summed E-state index contributed by atoms with van der Waals surface area (Å²) in [5.74, 6) is 0. The second kappa shape index (κ2) is 16.4. The largest absolute Gasteiger partial charge is 0.389 e. The van der Waals surface area contributed by atoms with Crippen molar-refractivity contribution in [3.8, 4) is 0 Å². The fraction of sp³-hybridized carbons (Fsp3) is 1.00. The fourth-order valence-electron chi connectivity index (χ4n) is 2.64. The summed E-state index contributed by atoms with van der Waals surface area (Å²) in [6.07, 6.45) is 11.9. The van der Waals surface area contributed by atoms with Crippen LogP contribution in [-0.2, 0) is 0 Å². The van der Waals surface area contributed by atoms with E-state index in [1.807, 2.05) is 0 Å². The van der Waals surface area contributed by atoms with Crippen LogP contribution in [0.15, 0.2) is 0 Å². The Kier molecular flexibility index (Phi) is 17.0. The fourth-order valence-corrected chi connectivity index (χ4v) is 2.64. The Morgan fingerprint density at radius 2 is 1.12 bits per heavy atom. The summed E-state index contributed by atoms with van der Waals surface area (Å²) in [4.78, 5) is 19.5. The van der Waals surface area contributed by atoms with Crippen molar-refractivity contribution in [2.75, 3.05) is 6.61 Å². The van der Waals surface area contributed by atoms with Crippen LogP contribution in [0.25, 0.3) is 0 Å². The summed E-state index contributed by atoms with van der Waals surface area (Å²) in [7, 11) is 0. The van der Waals surface area contributed by atoms with Crippen LogP contribution in [0.4, 0.5) is 0 Å². The van der Waals surface area contributed by atoms with Gasteiger partial charge in [-0.05, 0) is 12.8 Å². The molecule has 0 aliphatic carbocycles. The monoisotopic (exact) mass is 350 g/mol. The first-order chi connectivity index (χ1) is 11.4. The molecule has 0 aromatic heterocycles. The molecule has 0 spiro atoms. The van der Waals surface area contributed by atoms with E-state index in [-0.39, 0.29) is 11.5 Å². The van der Waals surface area contributed by atoms with E-state index in [2.05, 4.69) is 13.8 Å². The van der Waals surface area contributed by atoms with E-state index in [9.17, 15) is 15.2 Å². The highest BCUT2D eigenvalue weighted by Gasteiger charge is 2.40. The zero-order valence-electron chi connectivity index (χ0n) is 15.1. The molecule has 0 amide bonds. The average molecular weight is 350 g/mol. The highest BCUT2D eigenvalue weighted by molar-refractivity contribution is 4.78. The maximum atomic E-state index is 11.3. The van der Waals surface area contributed by atoms with Crippen molar-refractivity contribution in [2.45, 2.75) is 96.4 Å². The van der Waals surface area contributed by atoms with Gasteiger partial charge in [0, 0.05) is 17.8 Å². The quantitative estimate of drug-likeness (QED) is 0.272. The summed E-state index contributed by atoms with van der Waals surface area (Å²) in [6.45, 7) is 3.99. The Morgan fingerprint density at radius 1 is 0.792 bits per heavy atom. The first kappa shape index (κ1) is 24.8. The number of hydrogen-bond donors (Lipinski definition) is 2. The molecule has 1 atom stereocenters. The van der Waals surface area contributed by atoms with E-state index < -0.39 is 10.6 Å². The Labute approximate surface area is 144 Å². The zero-order chi connectivity index (χ0) is 18.8. The minimum atomic E-state index is -1.50. The summed E-state index contributed by atoms with van der Waals surface area (Å²) in [5, 5.41) is 34.5. The molecule has 8 heteroatoms. The molecule has 144 valence electrons. The highest BCUT2D eigenvalue weighted by Crippen LogP contribution is 2.26. The molecule has 0 bridgehead atoms. The molecule has 0 aliphatic heterocycles. The number of rotatable bonds is 14. The summed E-state index contributed by atoms with van der Waals surface area (Å²) in [5.41, 5.74) is -1.08. The lowest BCUT2D eigenvalue weighted by atomic mass is 9.87.